The number of hydrogen-bond donors (Lipinski definition) is 3. The summed E-state index contributed by atoms with van der Waals surface area (Å²) in [5.41, 5.74) is -4.64. The molecule has 1 aliphatic rings. The van der Waals surface area contributed by atoms with Crippen molar-refractivity contribution in [2.45, 2.75) is 17.9 Å². The third-order valence-electron chi connectivity index (χ3n) is 4.46. The molecular weight excluding hydrogens is 404 g/mol. The summed E-state index contributed by atoms with van der Waals surface area (Å²) < 4.78 is 55.7. The van der Waals surface area contributed by atoms with Crippen molar-refractivity contribution in [1.82, 2.24) is 10.6 Å². The minimum atomic E-state index is -5.43. The van der Waals surface area contributed by atoms with Crippen LogP contribution in [0.25, 0.3) is 0 Å². The van der Waals surface area contributed by atoms with Crippen molar-refractivity contribution < 1.29 is 32.3 Å². The molecule has 148 valence electrons. The topological polar surface area (TPSA) is 78.4 Å². The van der Waals surface area contributed by atoms with E-state index in [-0.39, 0.29) is 10.6 Å². The Hall–Kier alpha value is -2.65. The number of carbonyl (C=O) groups excluding carboxylic acids is 2. The van der Waals surface area contributed by atoms with Crippen molar-refractivity contribution in [3.8, 4) is 0 Å². The van der Waals surface area contributed by atoms with Gasteiger partial charge >= 0.3 is 12.2 Å². The molecule has 1 saturated heterocycles. The van der Waals surface area contributed by atoms with Gasteiger partial charge in [-0.2, -0.15) is 13.2 Å². The summed E-state index contributed by atoms with van der Waals surface area (Å²) in [6.07, 6.45) is -5.43. The molecule has 5 nitrogen and oxygen atoms in total. The molecule has 0 saturated carbocycles. The summed E-state index contributed by atoms with van der Waals surface area (Å²) in [6, 6.07) is 6.90. The zero-order valence-corrected chi connectivity index (χ0v) is 14.7. The summed E-state index contributed by atoms with van der Waals surface area (Å²) in [4.78, 5) is 24.8. The fourth-order valence-corrected chi connectivity index (χ4v) is 3.45. The highest BCUT2D eigenvalue weighted by Gasteiger charge is 2.66. The van der Waals surface area contributed by atoms with Crippen LogP contribution in [0.15, 0.2) is 48.5 Å². The second-order valence-corrected chi connectivity index (χ2v) is 6.59. The third-order valence-corrected chi connectivity index (χ3v) is 4.79. The van der Waals surface area contributed by atoms with Gasteiger partial charge in [0.1, 0.15) is 11.7 Å². The summed E-state index contributed by atoms with van der Waals surface area (Å²) in [5, 5.41) is 13.6. The third kappa shape index (κ3) is 3.31. The lowest BCUT2D eigenvalue weighted by Gasteiger charge is -2.45. The number of nitrogens with one attached hydrogen (secondary N) is 2. The Kier molecular flexibility index (Phi) is 5.07. The Labute approximate surface area is 161 Å². The van der Waals surface area contributed by atoms with Crippen LogP contribution in [0.2, 0.25) is 5.02 Å². The number of rotatable bonds is 3. The molecule has 2 aromatic rings. The molecule has 0 unspecified atom stereocenters. The van der Waals surface area contributed by atoms with Crippen molar-refractivity contribution in [2.75, 3.05) is 0 Å². The smallest absolute Gasteiger partial charge is 0.363 e. The first kappa shape index (κ1) is 20.1. The molecule has 2 amide bonds. The van der Waals surface area contributed by atoms with Crippen LogP contribution in [-0.4, -0.2) is 28.8 Å². The van der Waals surface area contributed by atoms with Crippen molar-refractivity contribution in [3.63, 3.8) is 0 Å². The quantitative estimate of drug-likeness (QED) is 0.528. The van der Waals surface area contributed by atoms with Crippen LogP contribution in [0, 0.1) is 11.7 Å². The van der Waals surface area contributed by atoms with Crippen LogP contribution in [0.4, 0.5) is 22.4 Å². The number of ketones is 1. The van der Waals surface area contributed by atoms with Crippen LogP contribution < -0.4 is 10.6 Å². The zero-order chi connectivity index (χ0) is 20.7. The van der Waals surface area contributed by atoms with Gasteiger partial charge in [0.05, 0.1) is 6.04 Å². The second kappa shape index (κ2) is 7.06. The first-order chi connectivity index (χ1) is 13.1. The van der Waals surface area contributed by atoms with Gasteiger partial charge in [0, 0.05) is 16.1 Å². The Morgan fingerprint density at radius 3 is 2.32 bits per heavy atom. The van der Waals surface area contributed by atoms with Gasteiger partial charge in [-0.1, -0.05) is 48.0 Å². The average molecular weight is 417 g/mol. The van der Waals surface area contributed by atoms with E-state index >= 15 is 0 Å². The van der Waals surface area contributed by atoms with Crippen LogP contribution in [-0.2, 0) is 0 Å². The molecule has 28 heavy (non-hydrogen) atoms. The number of carbonyl (C=O) groups is 2. The van der Waals surface area contributed by atoms with E-state index in [1.165, 1.54) is 41.7 Å². The average Bonchev–Trinajstić information content (AvgIpc) is 2.60. The van der Waals surface area contributed by atoms with Gasteiger partial charge in [-0.05, 0) is 12.1 Å². The number of Topliss-reactive ketones (excluding diaryl/α,β-unsaturated/α-hetero) is 1. The minimum Gasteiger partial charge on any atom is -0.363 e. The summed E-state index contributed by atoms with van der Waals surface area (Å²) in [6.45, 7) is 0. The minimum absolute atomic E-state index is 0.161. The van der Waals surface area contributed by atoms with E-state index in [0.717, 1.165) is 6.07 Å². The number of alkyl halides is 3. The highest BCUT2D eigenvalue weighted by molar-refractivity contribution is 6.31. The van der Waals surface area contributed by atoms with Crippen molar-refractivity contribution in [3.05, 3.63) is 70.5 Å². The largest absolute Gasteiger partial charge is 0.437 e. The van der Waals surface area contributed by atoms with E-state index in [9.17, 15) is 32.3 Å². The predicted octanol–water partition coefficient (Wildman–Crippen LogP) is 3.58. The lowest BCUT2D eigenvalue weighted by Crippen LogP contribution is -2.72. The molecule has 10 heteroatoms. The van der Waals surface area contributed by atoms with E-state index in [1.54, 1.807) is 6.07 Å². The number of benzene rings is 2. The fraction of sp³-hybridized carbons (Fsp3) is 0.222. The van der Waals surface area contributed by atoms with Crippen molar-refractivity contribution in [1.29, 1.82) is 0 Å². The van der Waals surface area contributed by atoms with Gasteiger partial charge < -0.3 is 15.7 Å². The number of halogens is 5. The molecular formula is C18H13ClF4N2O3. The van der Waals surface area contributed by atoms with Crippen molar-refractivity contribution >= 4 is 23.4 Å². The Bertz CT molecular complexity index is 903. The first-order valence-corrected chi connectivity index (χ1v) is 8.35. The molecule has 0 aromatic heterocycles. The molecule has 0 bridgehead atoms. The molecule has 1 heterocycles. The van der Waals surface area contributed by atoms with E-state index in [2.05, 4.69) is 5.32 Å². The number of urea groups is 1. The lowest BCUT2D eigenvalue weighted by molar-refractivity contribution is -0.287. The molecule has 0 radical (unpaired) electrons. The zero-order valence-electron chi connectivity index (χ0n) is 13.9. The monoisotopic (exact) mass is 416 g/mol. The molecule has 3 N–H and O–H groups in total. The van der Waals surface area contributed by atoms with Crippen LogP contribution in [0.3, 0.4) is 0 Å². The Balaban J connectivity index is 2.23. The lowest BCUT2D eigenvalue weighted by atomic mass is 9.77. The molecule has 2 aromatic carbocycles. The maximum Gasteiger partial charge on any atom is 0.437 e. The number of hydrogen-bond acceptors (Lipinski definition) is 3. The molecule has 1 aliphatic heterocycles. The van der Waals surface area contributed by atoms with Crippen molar-refractivity contribution in [2.24, 2.45) is 5.92 Å². The summed E-state index contributed by atoms with van der Waals surface area (Å²) in [5.74, 6) is -4.53. The first-order valence-electron chi connectivity index (χ1n) is 7.97. The van der Waals surface area contributed by atoms with Gasteiger partial charge in [-0.15, -0.1) is 0 Å². The molecule has 3 atom stereocenters. The van der Waals surface area contributed by atoms with Gasteiger partial charge in [-0.25, -0.2) is 9.18 Å². The highest BCUT2D eigenvalue weighted by atomic mass is 35.5. The van der Waals surface area contributed by atoms with Crippen LogP contribution in [0.5, 0.6) is 0 Å². The summed E-state index contributed by atoms with van der Waals surface area (Å²) >= 11 is 5.95. The van der Waals surface area contributed by atoms with Gasteiger partial charge in [0.15, 0.2) is 5.78 Å². The second-order valence-electron chi connectivity index (χ2n) is 6.18. The molecule has 1 fully saturated rings. The van der Waals surface area contributed by atoms with Gasteiger partial charge in [0.2, 0.25) is 5.72 Å². The standard InChI is InChI=1S/C18H13ClF4N2O3/c19-10-7-4-8-11(20)12(10)14-13(15(26)9-5-2-1-3-6-9)17(28,18(21,22)23)25-16(27)24-14/h1-8,13-14,28H,(H2,24,25,27)/t13-,14+,17-/m0/s1. The maximum absolute atomic E-state index is 14.4. The molecule has 0 aliphatic carbocycles. The van der Waals surface area contributed by atoms with Gasteiger partial charge in [-0.3, -0.25) is 4.79 Å². The Morgan fingerprint density at radius 1 is 1.11 bits per heavy atom. The highest BCUT2D eigenvalue weighted by Crippen LogP contribution is 2.45. The van der Waals surface area contributed by atoms with E-state index in [4.69, 9.17) is 11.6 Å². The number of amides is 2. The molecule has 3 rings (SSSR count). The summed E-state index contributed by atoms with van der Waals surface area (Å²) in [7, 11) is 0. The SMILES string of the molecule is O=C1N[C@H](c2c(F)cccc2Cl)[C@@H](C(=O)c2ccccc2)[C@](O)(C(F)(F)F)N1. The van der Waals surface area contributed by atoms with E-state index in [1.807, 2.05) is 0 Å². The van der Waals surface area contributed by atoms with E-state index < -0.39 is 47.1 Å². The van der Waals surface area contributed by atoms with Crippen LogP contribution >= 0.6 is 11.6 Å². The van der Waals surface area contributed by atoms with E-state index in [0.29, 0.717) is 0 Å². The van der Waals surface area contributed by atoms with Gasteiger partial charge in [0.25, 0.3) is 0 Å². The fourth-order valence-electron chi connectivity index (χ4n) is 3.17. The maximum atomic E-state index is 14.4. The predicted molar refractivity (Wildman–Crippen MR) is 91.1 cm³/mol. The molecule has 0 spiro atoms. The van der Waals surface area contributed by atoms with Crippen LogP contribution in [0.1, 0.15) is 22.0 Å². The Morgan fingerprint density at radius 2 is 1.75 bits per heavy atom. The number of aliphatic hydroxyl groups is 1. The normalized spacial score (nSPS) is 25.0.